The van der Waals surface area contributed by atoms with E-state index in [4.69, 9.17) is 9.47 Å². The molecule has 3 rings (SSSR count). The number of hydrogen-bond donors (Lipinski definition) is 1. The summed E-state index contributed by atoms with van der Waals surface area (Å²) in [5, 5.41) is 15.4. The molecular weight excluding hydrogens is 364 g/mol. The van der Waals surface area contributed by atoms with Crippen LogP contribution in [0.25, 0.3) is 10.8 Å². The van der Waals surface area contributed by atoms with Crippen molar-refractivity contribution in [3.63, 3.8) is 0 Å². The van der Waals surface area contributed by atoms with E-state index in [-0.39, 0.29) is 11.4 Å². The van der Waals surface area contributed by atoms with Crippen molar-refractivity contribution in [2.24, 2.45) is 0 Å². The molecule has 0 aliphatic heterocycles. The normalized spacial score (nSPS) is 10.3. The molecule has 0 aliphatic carbocycles. The number of esters is 1. The highest BCUT2D eigenvalue weighted by Crippen LogP contribution is 2.25. The van der Waals surface area contributed by atoms with Gasteiger partial charge in [0.25, 0.3) is 5.91 Å². The lowest BCUT2D eigenvalue weighted by atomic mass is 10.1. The number of ether oxygens (including phenoxy) is 2. The number of nitro groups is 1. The van der Waals surface area contributed by atoms with E-state index in [1.807, 2.05) is 36.4 Å². The number of fused-ring (bicyclic) bond motifs is 1. The Bertz CT molecular complexity index is 1030. The van der Waals surface area contributed by atoms with Crippen molar-refractivity contribution in [1.29, 1.82) is 0 Å². The van der Waals surface area contributed by atoms with Gasteiger partial charge in [0, 0.05) is 17.1 Å². The summed E-state index contributed by atoms with van der Waals surface area (Å²) in [6.45, 7) is -1.05. The van der Waals surface area contributed by atoms with Crippen LogP contribution < -0.4 is 10.1 Å². The van der Waals surface area contributed by atoms with E-state index in [2.05, 4.69) is 5.32 Å². The van der Waals surface area contributed by atoms with Crippen LogP contribution in [0.5, 0.6) is 5.75 Å². The van der Waals surface area contributed by atoms with Gasteiger partial charge in [-0.2, -0.15) is 0 Å². The van der Waals surface area contributed by atoms with E-state index < -0.39 is 30.0 Å². The van der Waals surface area contributed by atoms with Gasteiger partial charge in [0.1, 0.15) is 0 Å². The minimum absolute atomic E-state index is 0.0512. The van der Waals surface area contributed by atoms with Crippen molar-refractivity contribution in [3.8, 4) is 5.75 Å². The van der Waals surface area contributed by atoms with Gasteiger partial charge in [-0.25, -0.2) is 4.79 Å². The maximum absolute atomic E-state index is 12.1. The maximum Gasteiger partial charge on any atom is 0.344 e. The Balaban J connectivity index is 1.52. The van der Waals surface area contributed by atoms with Crippen molar-refractivity contribution in [2.45, 2.75) is 0 Å². The maximum atomic E-state index is 12.1. The second-order valence-corrected chi connectivity index (χ2v) is 5.75. The third-order valence-corrected chi connectivity index (χ3v) is 3.84. The number of carbonyl (C=O) groups excluding carboxylic acids is 2. The van der Waals surface area contributed by atoms with Gasteiger partial charge >= 0.3 is 11.7 Å². The fraction of sp³-hybridized carbons (Fsp3) is 0.100. The summed E-state index contributed by atoms with van der Waals surface area (Å²) >= 11 is 0. The van der Waals surface area contributed by atoms with Crippen LogP contribution in [0.4, 0.5) is 11.4 Å². The molecular formula is C20H16N2O6. The molecule has 3 aromatic carbocycles. The summed E-state index contributed by atoms with van der Waals surface area (Å²) in [5.41, 5.74) is 0.347. The van der Waals surface area contributed by atoms with E-state index in [1.54, 1.807) is 12.1 Å². The molecule has 28 heavy (non-hydrogen) atoms. The lowest BCUT2D eigenvalue weighted by Crippen LogP contribution is -2.23. The number of anilines is 1. The Labute approximate surface area is 159 Å². The summed E-state index contributed by atoms with van der Waals surface area (Å²) in [4.78, 5) is 34.1. The molecule has 0 radical (unpaired) electrons. The number of rotatable bonds is 7. The molecule has 0 bridgehead atoms. The molecule has 1 amide bonds. The Hall–Kier alpha value is -3.94. The number of carbonyl (C=O) groups is 2. The molecule has 142 valence electrons. The number of nitrogens with one attached hydrogen (secondary N) is 1. The third-order valence-electron chi connectivity index (χ3n) is 3.84. The van der Waals surface area contributed by atoms with Gasteiger partial charge in [-0.3, -0.25) is 14.9 Å². The molecule has 8 heteroatoms. The van der Waals surface area contributed by atoms with E-state index in [0.29, 0.717) is 5.69 Å². The minimum Gasteiger partial charge on any atom is -0.475 e. The van der Waals surface area contributed by atoms with Gasteiger partial charge in [-0.15, -0.1) is 0 Å². The van der Waals surface area contributed by atoms with Crippen LogP contribution in [-0.4, -0.2) is 30.0 Å². The zero-order valence-corrected chi connectivity index (χ0v) is 14.7. The van der Waals surface area contributed by atoms with Crippen LogP contribution in [-0.2, 0) is 14.3 Å². The van der Waals surface area contributed by atoms with Crippen molar-refractivity contribution in [1.82, 2.24) is 0 Å². The summed E-state index contributed by atoms with van der Waals surface area (Å²) in [5.74, 6) is -1.37. The third kappa shape index (κ3) is 4.61. The Kier molecular flexibility index (Phi) is 5.81. The van der Waals surface area contributed by atoms with Crippen LogP contribution in [0, 0.1) is 10.1 Å². The van der Waals surface area contributed by atoms with Crippen LogP contribution in [0.2, 0.25) is 0 Å². The zero-order valence-electron chi connectivity index (χ0n) is 14.7. The molecule has 0 spiro atoms. The molecule has 0 saturated heterocycles. The number of nitrogens with zero attached hydrogens (tertiary/aromatic N) is 1. The van der Waals surface area contributed by atoms with Crippen molar-refractivity contribution < 1.29 is 24.0 Å². The quantitative estimate of drug-likeness (QED) is 0.383. The van der Waals surface area contributed by atoms with Crippen molar-refractivity contribution >= 4 is 34.0 Å². The highest BCUT2D eigenvalue weighted by atomic mass is 16.6. The molecule has 0 aromatic heterocycles. The highest BCUT2D eigenvalue weighted by Gasteiger charge is 2.16. The highest BCUT2D eigenvalue weighted by molar-refractivity contribution is 6.02. The van der Waals surface area contributed by atoms with Gasteiger partial charge in [0.2, 0.25) is 0 Å². The summed E-state index contributed by atoms with van der Waals surface area (Å²) in [6.07, 6.45) is 0. The van der Waals surface area contributed by atoms with E-state index in [9.17, 15) is 19.7 Å². The predicted octanol–water partition coefficient (Wildman–Crippen LogP) is 3.31. The fourth-order valence-corrected chi connectivity index (χ4v) is 2.58. The standard InChI is InChI=1S/C20H16N2O6/c23-19(21-16-9-5-7-14-6-1-2-8-15(14)16)12-28-20(24)13-27-18-11-4-3-10-17(18)22(25)26/h1-11H,12-13H2,(H,21,23). The SMILES string of the molecule is O=C(COC(=O)COc1ccccc1[N+](=O)[O-])Nc1cccc2ccccc12. The first kappa shape index (κ1) is 18.8. The first-order chi connectivity index (χ1) is 13.5. The molecule has 0 unspecified atom stereocenters. The van der Waals surface area contributed by atoms with Gasteiger partial charge in [-0.05, 0) is 17.5 Å². The Morgan fingerprint density at radius 3 is 2.46 bits per heavy atom. The van der Waals surface area contributed by atoms with Gasteiger partial charge < -0.3 is 14.8 Å². The molecule has 0 fully saturated rings. The van der Waals surface area contributed by atoms with Gasteiger partial charge in [0.15, 0.2) is 19.0 Å². The summed E-state index contributed by atoms with van der Waals surface area (Å²) in [6, 6.07) is 18.7. The van der Waals surface area contributed by atoms with Crippen LogP contribution in [0.3, 0.4) is 0 Å². The average Bonchev–Trinajstić information content (AvgIpc) is 2.71. The first-order valence-electron chi connectivity index (χ1n) is 8.34. The lowest BCUT2D eigenvalue weighted by molar-refractivity contribution is -0.385. The fourth-order valence-electron chi connectivity index (χ4n) is 2.58. The second-order valence-electron chi connectivity index (χ2n) is 5.75. The number of hydrogen-bond acceptors (Lipinski definition) is 6. The van der Waals surface area contributed by atoms with E-state index in [0.717, 1.165) is 10.8 Å². The second kappa shape index (κ2) is 8.63. The summed E-state index contributed by atoms with van der Waals surface area (Å²) in [7, 11) is 0. The average molecular weight is 380 g/mol. The van der Waals surface area contributed by atoms with Crippen LogP contribution in [0.1, 0.15) is 0 Å². The topological polar surface area (TPSA) is 108 Å². The molecule has 0 saturated carbocycles. The molecule has 0 heterocycles. The summed E-state index contributed by atoms with van der Waals surface area (Å²) < 4.78 is 9.98. The van der Waals surface area contributed by atoms with Gasteiger partial charge in [0.05, 0.1) is 4.92 Å². The van der Waals surface area contributed by atoms with Crippen molar-refractivity contribution in [3.05, 3.63) is 76.8 Å². The Morgan fingerprint density at radius 2 is 1.64 bits per heavy atom. The molecule has 8 nitrogen and oxygen atoms in total. The number of benzene rings is 3. The lowest BCUT2D eigenvalue weighted by Gasteiger charge is -2.10. The van der Waals surface area contributed by atoms with E-state index >= 15 is 0 Å². The van der Waals surface area contributed by atoms with E-state index in [1.165, 1.54) is 18.2 Å². The number of nitro benzene ring substituents is 1. The zero-order chi connectivity index (χ0) is 19.9. The molecule has 3 aromatic rings. The Morgan fingerprint density at radius 1 is 0.929 bits per heavy atom. The molecule has 1 N–H and O–H groups in total. The number of amides is 1. The molecule has 0 aliphatic rings. The van der Waals surface area contributed by atoms with Crippen LogP contribution >= 0.6 is 0 Å². The van der Waals surface area contributed by atoms with Crippen LogP contribution in [0.15, 0.2) is 66.7 Å². The number of para-hydroxylation sites is 2. The molecule has 0 atom stereocenters. The minimum atomic E-state index is -0.814. The first-order valence-corrected chi connectivity index (χ1v) is 8.34. The van der Waals surface area contributed by atoms with Crippen molar-refractivity contribution in [2.75, 3.05) is 18.5 Å². The van der Waals surface area contributed by atoms with Gasteiger partial charge in [-0.1, -0.05) is 48.5 Å². The monoisotopic (exact) mass is 380 g/mol. The smallest absolute Gasteiger partial charge is 0.344 e. The predicted molar refractivity (Wildman–Crippen MR) is 102 cm³/mol. The largest absolute Gasteiger partial charge is 0.475 e.